The lowest BCUT2D eigenvalue weighted by Crippen LogP contribution is -1.92. The summed E-state index contributed by atoms with van der Waals surface area (Å²) in [5.74, 6) is 0. The average molecular weight is 251 g/mol. The highest BCUT2D eigenvalue weighted by molar-refractivity contribution is 7.17. The Balaban J connectivity index is 2.00. The first-order chi connectivity index (χ1) is 8.92. The number of imidazole rings is 1. The summed E-state index contributed by atoms with van der Waals surface area (Å²) in [5, 5.41) is 8.01. The number of thiophene rings is 1. The zero-order valence-corrected chi connectivity index (χ0v) is 10.3. The number of benzene rings is 1. The van der Waals surface area contributed by atoms with Gasteiger partial charge in [0, 0.05) is 33.4 Å². The van der Waals surface area contributed by atoms with Crippen molar-refractivity contribution in [3.63, 3.8) is 0 Å². The molecule has 1 aromatic carbocycles. The van der Waals surface area contributed by atoms with Gasteiger partial charge in [-0.2, -0.15) is 5.10 Å². The lowest BCUT2D eigenvalue weighted by molar-refractivity contribution is 0.944. The molecule has 0 amide bonds. The summed E-state index contributed by atoms with van der Waals surface area (Å²) < 4.78 is 3.10. The summed E-state index contributed by atoms with van der Waals surface area (Å²) in [4.78, 5) is 4.21. The van der Waals surface area contributed by atoms with E-state index >= 15 is 0 Å². The van der Waals surface area contributed by atoms with Crippen molar-refractivity contribution in [3.8, 4) is 11.3 Å². The SMILES string of the molecule is c1ccc2c(-c3ccc4nccn4n3)csc2c1. The van der Waals surface area contributed by atoms with Crippen LogP contribution >= 0.6 is 11.3 Å². The highest BCUT2D eigenvalue weighted by Crippen LogP contribution is 2.32. The van der Waals surface area contributed by atoms with Crippen molar-refractivity contribution in [2.45, 2.75) is 0 Å². The van der Waals surface area contributed by atoms with Gasteiger partial charge in [0.1, 0.15) is 0 Å². The third-order valence-electron chi connectivity index (χ3n) is 3.01. The van der Waals surface area contributed by atoms with Crippen molar-refractivity contribution in [1.82, 2.24) is 14.6 Å². The third kappa shape index (κ3) is 1.36. The fraction of sp³-hybridized carbons (Fsp3) is 0. The maximum absolute atomic E-state index is 4.59. The second kappa shape index (κ2) is 3.65. The molecule has 0 radical (unpaired) electrons. The Kier molecular flexibility index (Phi) is 1.98. The maximum Gasteiger partial charge on any atom is 0.153 e. The van der Waals surface area contributed by atoms with Gasteiger partial charge in [0.05, 0.1) is 5.69 Å². The molecule has 3 nitrogen and oxygen atoms in total. The Morgan fingerprint density at radius 1 is 1.06 bits per heavy atom. The fourth-order valence-electron chi connectivity index (χ4n) is 2.14. The predicted molar refractivity (Wildman–Crippen MR) is 73.8 cm³/mol. The number of aromatic nitrogens is 3. The summed E-state index contributed by atoms with van der Waals surface area (Å²) in [7, 11) is 0. The number of rotatable bonds is 1. The summed E-state index contributed by atoms with van der Waals surface area (Å²) in [6.07, 6.45) is 3.63. The summed E-state index contributed by atoms with van der Waals surface area (Å²) in [6, 6.07) is 12.4. The molecule has 4 heteroatoms. The van der Waals surface area contributed by atoms with Gasteiger partial charge in [0.25, 0.3) is 0 Å². The minimum atomic E-state index is 0.873. The second-order valence-electron chi connectivity index (χ2n) is 4.09. The first-order valence-corrected chi connectivity index (χ1v) is 6.57. The highest BCUT2D eigenvalue weighted by atomic mass is 32.1. The molecule has 0 saturated carbocycles. The molecule has 0 bridgehead atoms. The molecular weight excluding hydrogens is 242 g/mol. The van der Waals surface area contributed by atoms with E-state index in [0.717, 1.165) is 11.3 Å². The van der Waals surface area contributed by atoms with Crippen LogP contribution in [-0.2, 0) is 0 Å². The van der Waals surface area contributed by atoms with Gasteiger partial charge in [-0.3, -0.25) is 0 Å². The molecule has 0 atom stereocenters. The summed E-state index contributed by atoms with van der Waals surface area (Å²) in [6.45, 7) is 0. The topological polar surface area (TPSA) is 30.2 Å². The molecule has 4 aromatic rings. The molecule has 4 rings (SSSR count). The van der Waals surface area contributed by atoms with Crippen molar-refractivity contribution in [1.29, 1.82) is 0 Å². The highest BCUT2D eigenvalue weighted by Gasteiger charge is 2.08. The van der Waals surface area contributed by atoms with Crippen LogP contribution in [0.4, 0.5) is 0 Å². The maximum atomic E-state index is 4.59. The minimum Gasteiger partial charge on any atom is -0.236 e. The molecule has 18 heavy (non-hydrogen) atoms. The van der Waals surface area contributed by atoms with E-state index in [4.69, 9.17) is 0 Å². The molecule has 3 aromatic heterocycles. The van der Waals surface area contributed by atoms with E-state index in [-0.39, 0.29) is 0 Å². The second-order valence-corrected chi connectivity index (χ2v) is 5.01. The van der Waals surface area contributed by atoms with Gasteiger partial charge in [0.2, 0.25) is 0 Å². The molecule has 86 valence electrons. The zero-order chi connectivity index (χ0) is 11.9. The van der Waals surface area contributed by atoms with Crippen LogP contribution in [0.5, 0.6) is 0 Å². The molecule has 0 spiro atoms. The quantitative estimate of drug-likeness (QED) is 0.517. The van der Waals surface area contributed by atoms with Crippen molar-refractivity contribution < 1.29 is 0 Å². The molecule has 0 N–H and O–H groups in total. The smallest absolute Gasteiger partial charge is 0.153 e. The van der Waals surface area contributed by atoms with Gasteiger partial charge in [-0.05, 0) is 18.2 Å². The lowest BCUT2D eigenvalue weighted by Gasteiger charge is -2.00. The average Bonchev–Trinajstić information content (AvgIpc) is 3.04. The monoisotopic (exact) mass is 251 g/mol. The fourth-order valence-corrected chi connectivity index (χ4v) is 3.09. The van der Waals surface area contributed by atoms with Gasteiger partial charge in [-0.1, -0.05) is 18.2 Å². The predicted octanol–water partition coefficient (Wildman–Crippen LogP) is 3.61. The first-order valence-electron chi connectivity index (χ1n) is 5.69. The lowest BCUT2D eigenvalue weighted by atomic mass is 10.1. The zero-order valence-electron chi connectivity index (χ0n) is 9.45. The molecule has 0 aliphatic rings. The largest absolute Gasteiger partial charge is 0.236 e. The molecule has 0 unspecified atom stereocenters. The van der Waals surface area contributed by atoms with E-state index in [9.17, 15) is 0 Å². The van der Waals surface area contributed by atoms with Crippen LogP contribution in [0.2, 0.25) is 0 Å². The molecule has 0 fully saturated rings. The Morgan fingerprint density at radius 3 is 3.00 bits per heavy atom. The van der Waals surface area contributed by atoms with E-state index in [1.165, 1.54) is 15.6 Å². The third-order valence-corrected chi connectivity index (χ3v) is 3.98. The van der Waals surface area contributed by atoms with E-state index < -0.39 is 0 Å². The molecule has 3 heterocycles. The van der Waals surface area contributed by atoms with Gasteiger partial charge >= 0.3 is 0 Å². The standard InChI is InChI=1S/C14H9N3S/c1-2-4-13-10(3-1)11(9-18-13)12-5-6-14-15-7-8-17(14)16-12/h1-9H. The van der Waals surface area contributed by atoms with Crippen molar-refractivity contribution in [2.24, 2.45) is 0 Å². The summed E-state index contributed by atoms with van der Waals surface area (Å²) in [5.41, 5.74) is 3.04. The van der Waals surface area contributed by atoms with Gasteiger partial charge in [-0.15, -0.1) is 11.3 Å². The Labute approximate surface area is 107 Å². The molecular formula is C14H9N3S. The summed E-state index contributed by atoms with van der Waals surface area (Å²) >= 11 is 1.75. The Bertz CT molecular complexity index is 844. The molecule has 0 aliphatic heterocycles. The number of hydrogen-bond donors (Lipinski definition) is 0. The number of fused-ring (bicyclic) bond motifs is 2. The molecule has 0 saturated heterocycles. The van der Waals surface area contributed by atoms with Crippen molar-refractivity contribution in [2.75, 3.05) is 0 Å². The van der Waals surface area contributed by atoms with E-state index in [1.54, 1.807) is 17.5 Å². The van der Waals surface area contributed by atoms with Crippen molar-refractivity contribution in [3.05, 3.63) is 54.2 Å². The van der Waals surface area contributed by atoms with Crippen LogP contribution in [0.1, 0.15) is 0 Å². The first kappa shape index (κ1) is 9.79. The van der Waals surface area contributed by atoms with Gasteiger partial charge < -0.3 is 0 Å². The van der Waals surface area contributed by atoms with Crippen LogP contribution in [0.3, 0.4) is 0 Å². The normalized spacial score (nSPS) is 11.3. The van der Waals surface area contributed by atoms with Crippen LogP contribution in [0, 0.1) is 0 Å². The molecule has 0 aliphatic carbocycles. The van der Waals surface area contributed by atoms with Crippen LogP contribution in [-0.4, -0.2) is 14.6 Å². The van der Waals surface area contributed by atoms with Gasteiger partial charge in [0.15, 0.2) is 5.65 Å². The Hall–Kier alpha value is -2.20. The number of hydrogen-bond acceptors (Lipinski definition) is 3. The van der Waals surface area contributed by atoms with E-state index in [2.05, 4.69) is 39.7 Å². The van der Waals surface area contributed by atoms with E-state index in [1.807, 2.05) is 22.8 Å². The van der Waals surface area contributed by atoms with Crippen LogP contribution in [0.15, 0.2) is 54.2 Å². The van der Waals surface area contributed by atoms with Crippen molar-refractivity contribution >= 4 is 27.1 Å². The van der Waals surface area contributed by atoms with Crippen LogP contribution < -0.4 is 0 Å². The number of nitrogens with zero attached hydrogens (tertiary/aromatic N) is 3. The van der Waals surface area contributed by atoms with Gasteiger partial charge in [-0.25, -0.2) is 9.50 Å². The minimum absolute atomic E-state index is 0.873. The van der Waals surface area contributed by atoms with E-state index in [0.29, 0.717) is 0 Å². The van der Waals surface area contributed by atoms with Crippen LogP contribution in [0.25, 0.3) is 27.0 Å². The Morgan fingerprint density at radius 2 is 2.00 bits per heavy atom.